The van der Waals surface area contributed by atoms with Gasteiger partial charge in [-0.1, -0.05) is 13.8 Å². The molecule has 0 aliphatic rings. The van der Waals surface area contributed by atoms with Crippen LogP contribution < -0.4 is 5.73 Å². The van der Waals surface area contributed by atoms with Crippen LogP contribution in [0.15, 0.2) is 0 Å². The SMILES string of the molecule is CC.CS(=O)CCC(N)C#N.[HH]. The number of hydrogen-bond donors (Lipinski definition) is 1. The first kappa shape index (κ1) is 13.2. The Morgan fingerprint density at radius 3 is 2.45 bits per heavy atom. The minimum atomic E-state index is -0.819. The third kappa shape index (κ3) is 12.7. The molecule has 0 fully saturated rings. The van der Waals surface area contributed by atoms with Crippen LogP contribution in [-0.2, 0) is 10.8 Å². The Morgan fingerprint density at radius 2 is 2.18 bits per heavy atom. The molecule has 0 aromatic heterocycles. The fourth-order valence-corrected chi connectivity index (χ4v) is 0.943. The molecule has 0 rings (SSSR count). The van der Waals surface area contributed by atoms with E-state index in [0.717, 1.165) is 0 Å². The number of nitrogens with two attached hydrogens (primary N) is 1. The maximum absolute atomic E-state index is 10.4. The Kier molecular flexibility index (Phi) is 11.5. The highest BCUT2D eigenvalue weighted by atomic mass is 32.2. The highest BCUT2D eigenvalue weighted by Gasteiger charge is 1.99. The summed E-state index contributed by atoms with van der Waals surface area (Å²) in [5.74, 6) is 0.523. The molecule has 0 aromatic rings. The summed E-state index contributed by atoms with van der Waals surface area (Å²) in [4.78, 5) is 0. The predicted molar refractivity (Wildman–Crippen MR) is 50.6 cm³/mol. The zero-order chi connectivity index (χ0) is 9.28. The van der Waals surface area contributed by atoms with E-state index in [1.165, 1.54) is 0 Å². The van der Waals surface area contributed by atoms with Crippen molar-refractivity contribution < 1.29 is 5.64 Å². The first-order chi connectivity index (χ1) is 5.16. The maximum Gasteiger partial charge on any atom is 0.0936 e. The molecule has 3 nitrogen and oxygen atoms in total. The minimum Gasteiger partial charge on any atom is -0.316 e. The zero-order valence-corrected chi connectivity index (χ0v) is 8.15. The van der Waals surface area contributed by atoms with Crippen molar-refractivity contribution in [1.82, 2.24) is 0 Å². The average molecular weight is 178 g/mol. The van der Waals surface area contributed by atoms with E-state index in [-0.39, 0.29) is 1.43 Å². The van der Waals surface area contributed by atoms with Gasteiger partial charge in [-0.05, 0) is 6.42 Å². The van der Waals surface area contributed by atoms with Crippen molar-refractivity contribution in [2.75, 3.05) is 12.0 Å². The van der Waals surface area contributed by atoms with Crippen molar-refractivity contribution in [3.63, 3.8) is 0 Å². The van der Waals surface area contributed by atoms with E-state index in [1.54, 1.807) is 6.26 Å². The van der Waals surface area contributed by atoms with Crippen LogP contribution in [0.4, 0.5) is 0 Å². The summed E-state index contributed by atoms with van der Waals surface area (Å²) in [7, 11) is -0.819. The van der Waals surface area contributed by atoms with E-state index in [4.69, 9.17) is 11.0 Å². The Bertz CT molecular complexity index is 147. The van der Waals surface area contributed by atoms with E-state index in [9.17, 15) is 4.21 Å². The maximum atomic E-state index is 10.4. The molecule has 2 atom stereocenters. The van der Waals surface area contributed by atoms with Gasteiger partial charge in [-0.3, -0.25) is 4.21 Å². The Balaban J connectivity index is -0.000000249. The topological polar surface area (TPSA) is 66.9 Å². The Morgan fingerprint density at radius 1 is 1.73 bits per heavy atom. The van der Waals surface area contributed by atoms with Gasteiger partial charge in [-0.15, -0.1) is 0 Å². The summed E-state index contributed by atoms with van der Waals surface area (Å²) in [5, 5.41) is 8.17. The Labute approximate surface area is 72.5 Å². The molecular formula is C7H18N2OS. The molecule has 2 N–H and O–H groups in total. The fraction of sp³-hybridized carbons (Fsp3) is 0.857. The number of rotatable bonds is 3. The molecule has 0 saturated heterocycles. The summed E-state index contributed by atoms with van der Waals surface area (Å²) in [6.07, 6.45) is 2.13. The van der Waals surface area contributed by atoms with E-state index in [1.807, 2.05) is 19.9 Å². The van der Waals surface area contributed by atoms with Crippen molar-refractivity contribution in [2.45, 2.75) is 26.3 Å². The van der Waals surface area contributed by atoms with Crippen LogP contribution in [-0.4, -0.2) is 22.3 Å². The number of nitriles is 1. The normalized spacial score (nSPS) is 13.7. The van der Waals surface area contributed by atoms with Crippen LogP contribution in [0.2, 0.25) is 0 Å². The standard InChI is InChI=1S/C5H10N2OS.C2H6.H2/c1-9(8)3-2-5(7)4-6;1-2;/h5H,2-3,7H2,1H3;1-2H3;1H. The predicted octanol–water partition coefficient (Wildman–Crippen LogP) is 0.878. The fourth-order valence-electron chi connectivity index (χ4n) is 0.357. The second-order valence-corrected chi connectivity index (χ2v) is 3.36. The largest absolute Gasteiger partial charge is 0.316 e. The van der Waals surface area contributed by atoms with Crippen LogP contribution in [0.25, 0.3) is 0 Å². The van der Waals surface area contributed by atoms with Gasteiger partial charge < -0.3 is 5.73 Å². The molecule has 0 radical (unpaired) electrons. The summed E-state index contributed by atoms with van der Waals surface area (Å²) in [6, 6.07) is 1.41. The van der Waals surface area contributed by atoms with Gasteiger partial charge in [-0.25, -0.2) is 0 Å². The molecule has 0 heterocycles. The van der Waals surface area contributed by atoms with E-state index >= 15 is 0 Å². The van der Waals surface area contributed by atoms with Gasteiger partial charge in [0.25, 0.3) is 0 Å². The molecule has 0 aromatic carbocycles. The lowest BCUT2D eigenvalue weighted by atomic mass is 10.3. The average Bonchev–Trinajstić information content (AvgIpc) is 2.04. The van der Waals surface area contributed by atoms with Crippen LogP contribution in [0.5, 0.6) is 0 Å². The summed E-state index contributed by atoms with van der Waals surface area (Å²) in [6.45, 7) is 4.00. The molecule has 68 valence electrons. The minimum absolute atomic E-state index is 0. The van der Waals surface area contributed by atoms with Gasteiger partial charge in [-0.2, -0.15) is 5.26 Å². The van der Waals surface area contributed by atoms with Crippen molar-refractivity contribution in [1.29, 1.82) is 5.26 Å². The monoisotopic (exact) mass is 178 g/mol. The van der Waals surface area contributed by atoms with Gasteiger partial charge in [0.05, 0.1) is 12.1 Å². The number of nitrogens with zero attached hydrogens (tertiary/aromatic N) is 1. The van der Waals surface area contributed by atoms with Crippen LogP contribution >= 0.6 is 0 Å². The van der Waals surface area contributed by atoms with Crippen molar-refractivity contribution in [2.24, 2.45) is 5.73 Å². The second-order valence-electron chi connectivity index (χ2n) is 1.80. The lowest BCUT2D eigenvalue weighted by Gasteiger charge is -1.97. The van der Waals surface area contributed by atoms with Gasteiger partial charge in [0.1, 0.15) is 0 Å². The third-order valence-electron chi connectivity index (χ3n) is 0.882. The highest BCUT2D eigenvalue weighted by molar-refractivity contribution is 7.84. The van der Waals surface area contributed by atoms with Crippen molar-refractivity contribution >= 4 is 10.8 Å². The molecule has 0 spiro atoms. The van der Waals surface area contributed by atoms with Crippen LogP contribution in [0, 0.1) is 11.3 Å². The lowest BCUT2D eigenvalue weighted by Crippen LogP contribution is -2.19. The molecule has 11 heavy (non-hydrogen) atoms. The quantitative estimate of drug-likeness (QED) is 0.697. The smallest absolute Gasteiger partial charge is 0.0936 e. The highest BCUT2D eigenvalue weighted by Crippen LogP contribution is 1.87. The van der Waals surface area contributed by atoms with Gasteiger partial charge in [0.2, 0.25) is 0 Å². The summed E-state index contributed by atoms with van der Waals surface area (Å²) in [5.41, 5.74) is 5.23. The van der Waals surface area contributed by atoms with Crippen LogP contribution in [0.1, 0.15) is 21.7 Å². The van der Waals surface area contributed by atoms with Crippen molar-refractivity contribution in [3.8, 4) is 6.07 Å². The Hall–Kier alpha value is -0.400. The van der Waals surface area contributed by atoms with Gasteiger partial charge in [0.15, 0.2) is 0 Å². The molecule has 0 bridgehead atoms. The van der Waals surface area contributed by atoms with E-state index < -0.39 is 16.8 Å². The number of hydrogen-bond acceptors (Lipinski definition) is 3. The van der Waals surface area contributed by atoms with Gasteiger partial charge in [0, 0.05) is 24.2 Å². The molecule has 0 aliphatic carbocycles. The molecule has 4 heteroatoms. The van der Waals surface area contributed by atoms with E-state index in [0.29, 0.717) is 12.2 Å². The molecule has 0 saturated carbocycles. The third-order valence-corrected chi connectivity index (χ3v) is 1.69. The van der Waals surface area contributed by atoms with E-state index in [2.05, 4.69) is 0 Å². The van der Waals surface area contributed by atoms with Crippen LogP contribution in [0.3, 0.4) is 0 Å². The first-order valence-electron chi connectivity index (χ1n) is 3.62. The van der Waals surface area contributed by atoms with Crippen molar-refractivity contribution in [3.05, 3.63) is 0 Å². The molecule has 0 amide bonds. The lowest BCUT2D eigenvalue weighted by molar-refractivity contribution is 0.681. The summed E-state index contributed by atoms with van der Waals surface area (Å²) >= 11 is 0. The molecule has 0 aliphatic heterocycles. The zero-order valence-electron chi connectivity index (χ0n) is 7.33. The molecule has 2 unspecified atom stereocenters. The second kappa shape index (κ2) is 9.60. The first-order valence-corrected chi connectivity index (χ1v) is 5.34. The molecular weight excluding hydrogens is 160 g/mol. The summed E-state index contributed by atoms with van der Waals surface area (Å²) < 4.78 is 10.4. The van der Waals surface area contributed by atoms with Gasteiger partial charge >= 0.3 is 0 Å².